The van der Waals surface area contributed by atoms with Crippen molar-refractivity contribution in [3.8, 4) is 5.88 Å². The van der Waals surface area contributed by atoms with Gasteiger partial charge in [-0.1, -0.05) is 19.3 Å². The Balaban J connectivity index is 1.38. The highest BCUT2D eigenvalue weighted by molar-refractivity contribution is 5.94. The third kappa shape index (κ3) is 4.35. The van der Waals surface area contributed by atoms with Crippen molar-refractivity contribution < 1.29 is 9.53 Å². The Labute approximate surface area is 166 Å². The summed E-state index contributed by atoms with van der Waals surface area (Å²) in [5, 5.41) is 7.68. The molecule has 28 heavy (non-hydrogen) atoms. The lowest BCUT2D eigenvalue weighted by atomic mass is 9.94. The first-order valence-corrected chi connectivity index (χ1v) is 10.3. The van der Waals surface area contributed by atoms with Gasteiger partial charge in [-0.3, -0.25) is 14.4 Å². The topological polar surface area (TPSA) is 72.3 Å². The number of nitrogens with zero attached hydrogens (tertiary/aromatic N) is 4. The molecule has 1 amide bonds. The van der Waals surface area contributed by atoms with Crippen LogP contribution in [-0.2, 0) is 19.6 Å². The fourth-order valence-electron chi connectivity index (χ4n) is 4.33. The van der Waals surface area contributed by atoms with Crippen molar-refractivity contribution in [3.05, 3.63) is 41.3 Å². The first-order valence-electron chi connectivity index (χ1n) is 10.3. The molecule has 1 saturated carbocycles. The van der Waals surface area contributed by atoms with Gasteiger partial charge < -0.3 is 10.1 Å². The molecule has 0 spiro atoms. The number of nitrogens with one attached hydrogen (secondary N) is 1. The van der Waals surface area contributed by atoms with E-state index in [1.807, 2.05) is 0 Å². The predicted octanol–water partition coefficient (Wildman–Crippen LogP) is 2.76. The maximum Gasteiger partial charge on any atom is 0.251 e. The minimum absolute atomic E-state index is 0.146. The standard InChI is InChI=1S/C21H29N5O2/c1-28-20-12-16(8-9-22-20)21(27)23-14-17-13-19-15-25(10-5-11-26(19)24-17)18-6-3-2-4-7-18/h8-9,12-13,18H,2-7,10-11,14-15H2,1H3,(H,23,27). The number of ether oxygens (including phenoxy) is 1. The van der Waals surface area contributed by atoms with E-state index in [9.17, 15) is 4.79 Å². The van der Waals surface area contributed by atoms with Crippen LogP contribution in [0.4, 0.5) is 0 Å². The lowest BCUT2D eigenvalue weighted by Crippen LogP contribution is -2.36. The molecule has 2 aromatic rings. The van der Waals surface area contributed by atoms with Crippen molar-refractivity contribution in [2.24, 2.45) is 0 Å². The fourth-order valence-corrected chi connectivity index (χ4v) is 4.33. The Morgan fingerprint density at radius 3 is 2.89 bits per heavy atom. The molecule has 0 radical (unpaired) electrons. The van der Waals surface area contributed by atoms with Gasteiger partial charge in [0.1, 0.15) is 0 Å². The van der Waals surface area contributed by atoms with Crippen molar-refractivity contribution >= 4 is 5.91 Å². The molecule has 1 N–H and O–H groups in total. The molecule has 1 aliphatic carbocycles. The predicted molar refractivity (Wildman–Crippen MR) is 106 cm³/mol. The molecule has 0 unspecified atom stereocenters. The molecule has 7 nitrogen and oxygen atoms in total. The molecule has 1 aliphatic heterocycles. The lowest BCUT2D eigenvalue weighted by Gasteiger charge is -2.33. The van der Waals surface area contributed by atoms with Crippen molar-refractivity contribution in [1.82, 2.24) is 25.0 Å². The number of methoxy groups -OCH3 is 1. The van der Waals surface area contributed by atoms with E-state index in [1.54, 1.807) is 25.4 Å². The second-order valence-electron chi connectivity index (χ2n) is 7.74. The smallest absolute Gasteiger partial charge is 0.251 e. The SMILES string of the molecule is COc1cc(C(=O)NCc2cc3n(n2)CCCN(C2CCCCC2)C3)ccn1. The van der Waals surface area contributed by atoms with Gasteiger partial charge in [-0.25, -0.2) is 4.98 Å². The molecule has 3 heterocycles. The summed E-state index contributed by atoms with van der Waals surface area (Å²) in [6, 6.07) is 6.19. The summed E-state index contributed by atoms with van der Waals surface area (Å²) >= 11 is 0. The van der Waals surface area contributed by atoms with Crippen LogP contribution in [0.2, 0.25) is 0 Å². The largest absolute Gasteiger partial charge is 0.481 e. The summed E-state index contributed by atoms with van der Waals surface area (Å²) in [6.45, 7) is 3.50. The highest BCUT2D eigenvalue weighted by Crippen LogP contribution is 2.26. The van der Waals surface area contributed by atoms with Crippen LogP contribution < -0.4 is 10.1 Å². The van der Waals surface area contributed by atoms with Crippen molar-refractivity contribution in [2.45, 2.75) is 64.2 Å². The van der Waals surface area contributed by atoms with Gasteiger partial charge in [0.2, 0.25) is 5.88 Å². The van der Waals surface area contributed by atoms with Crippen LogP contribution in [0.3, 0.4) is 0 Å². The van der Waals surface area contributed by atoms with Crippen LogP contribution in [0.15, 0.2) is 24.4 Å². The number of fused-ring (bicyclic) bond motifs is 1. The molecule has 150 valence electrons. The van der Waals surface area contributed by atoms with E-state index in [0.29, 0.717) is 18.0 Å². The number of pyridine rings is 1. The van der Waals surface area contributed by atoms with Crippen LogP contribution in [-0.4, -0.2) is 45.3 Å². The van der Waals surface area contributed by atoms with Gasteiger partial charge in [0, 0.05) is 43.5 Å². The van der Waals surface area contributed by atoms with Gasteiger partial charge in [-0.15, -0.1) is 0 Å². The van der Waals surface area contributed by atoms with E-state index in [2.05, 4.69) is 25.9 Å². The highest BCUT2D eigenvalue weighted by atomic mass is 16.5. The molecule has 1 fully saturated rings. The third-order valence-electron chi connectivity index (χ3n) is 5.82. The maximum absolute atomic E-state index is 12.4. The van der Waals surface area contributed by atoms with Crippen LogP contribution >= 0.6 is 0 Å². The molecule has 4 rings (SSSR count). The van der Waals surface area contributed by atoms with Crippen LogP contribution in [0.25, 0.3) is 0 Å². The lowest BCUT2D eigenvalue weighted by molar-refractivity contribution is 0.0950. The van der Waals surface area contributed by atoms with Gasteiger partial charge in [-0.2, -0.15) is 5.10 Å². The van der Waals surface area contributed by atoms with Gasteiger partial charge in [0.15, 0.2) is 0 Å². The first kappa shape index (κ1) is 18.9. The monoisotopic (exact) mass is 383 g/mol. The van der Waals surface area contributed by atoms with Crippen molar-refractivity contribution in [1.29, 1.82) is 0 Å². The molecule has 7 heteroatoms. The second kappa shape index (κ2) is 8.73. The summed E-state index contributed by atoms with van der Waals surface area (Å²) in [6.07, 6.45) is 9.46. The molecule has 0 aromatic carbocycles. The molecule has 0 saturated heterocycles. The van der Waals surface area contributed by atoms with Gasteiger partial charge in [-0.05, 0) is 31.4 Å². The third-order valence-corrected chi connectivity index (χ3v) is 5.82. The zero-order valence-corrected chi connectivity index (χ0v) is 16.6. The molecule has 2 aliphatic rings. The number of aromatic nitrogens is 3. The Kier molecular flexibility index (Phi) is 5.90. The van der Waals surface area contributed by atoms with Gasteiger partial charge >= 0.3 is 0 Å². The van der Waals surface area contributed by atoms with E-state index in [4.69, 9.17) is 9.84 Å². The van der Waals surface area contributed by atoms with Crippen molar-refractivity contribution in [3.63, 3.8) is 0 Å². The minimum atomic E-state index is -0.146. The van der Waals surface area contributed by atoms with E-state index in [1.165, 1.54) is 37.8 Å². The number of carbonyl (C=O) groups is 1. The highest BCUT2D eigenvalue weighted by Gasteiger charge is 2.24. The molecule has 0 bridgehead atoms. The number of aryl methyl sites for hydroxylation is 1. The van der Waals surface area contributed by atoms with Crippen LogP contribution in [0.5, 0.6) is 5.88 Å². The zero-order valence-electron chi connectivity index (χ0n) is 16.6. The summed E-state index contributed by atoms with van der Waals surface area (Å²) in [5.74, 6) is 0.289. The number of hydrogen-bond acceptors (Lipinski definition) is 5. The first-order chi connectivity index (χ1) is 13.7. The second-order valence-corrected chi connectivity index (χ2v) is 7.74. The normalized spacial score (nSPS) is 18.3. The average molecular weight is 383 g/mol. The summed E-state index contributed by atoms with van der Waals surface area (Å²) in [4.78, 5) is 19.1. The average Bonchev–Trinajstić information content (AvgIpc) is 3.02. The number of carbonyl (C=O) groups excluding carboxylic acids is 1. The quantitative estimate of drug-likeness (QED) is 0.860. The number of rotatable bonds is 5. The minimum Gasteiger partial charge on any atom is -0.481 e. The Morgan fingerprint density at radius 1 is 1.21 bits per heavy atom. The van der Waals surface area contributed by atoms with Crippen molar-refractivity contribution in [2.75, 3.05) is 13.7 Å². The van der Waals surface area contributed by atoms with E-state index >= 15 is 0 Å². The molecular formula is C21H29N5O2. The van der Waals surface area contributed by atoms with Crippen LogP contribution in [0, 0.1) is 0 Å². The summed E-state index contributed by atoms with van der Waals surface area (Å²) in [5.41, 5.74) is 2.71. The molecule has 2 aromatic heterocycles. The number of amides is 1. The van der Waals surface area contributed by atoms with E-state index < -0.39 is 0 Å². The van der Waals surface area contributed by atoms with E-state index in [-0.39, 0.29) is 5.91 Å². The zero-order chi connectivity index (χ0) is 19.3. The Bertz CT molecular complexity index is 813. The maximum atomic E-state index is 12.4. The van der Waals surface area contributed by atoms with Gasteiger partial charge in [0.25, 0.3) is 5.91 Å². The van der Waals surface area contributed by atoms with Crippen LogP contribution in [0.1, 0.15) is 60.3 Å². The summed E-state index contributed by atoms with van der Waals surface area (Å²) < 4.78 is 7.21. The van der Waals surface area contributed by atoms with Gasteiger partial charge in [0.05, 0.1) is 25.0 Å². The number of hydrogen-bond donors (Lipinski definition) is 1. The molecule has 0 atom stereocenters. The summed E-state index contributed by atoms with van der Waals surface area (Å²) in [7, 11) is 1.54. The van der Waals surface area contributed by atoms with E-state index in [0.717, 1.165) is 37.8 Å². The Hall–Kier alpha value is -2.41. The molecular weight excluding hydrogens is 354 g/mol. The Morgan fingerprint density at radius 2 is 2.07 bits per heavy atom. The fraction of sp³-hybridized carbons (Fsp3) is 0.571.